The van der Waals surface area contributed by atoms with Crippen LogP contribution in [0, 0.1) is 0 Å². The number of rotatable bonds is 6. The molecule has 0 saturated heterocycles. The van der Waals surface area contributed by atoms with Crippen molar-refractivity contribution in [2.24, 2.45) is 0 Å². The van der Waals surface area contributed by atoms with Crippen LogP contribution in [0.25, 0.3) is 0 Å². The largest absolute Gasteiger partial charge is 0.359 e. The van der Waals surface area contributed by atoms with E-state index >= 15 is 0 Å². The molecule has 2 amide bonds. The number of H-pyrrole nitrogens is 1. The Hall–Kier alpha value is -3.38. The van der Waals surface area contributed by atoms with E-state index in [9.17, 15) is 9.59 Å². The zero-order valence-corrected chi connectivity index (χ0v) is 14.0. The van der Waals surface area contributed by atoms with Gasteiger partial charge >= 0.3 is 0 Å². The lowest BCUT2D eigenvalue weighted by Crippen LogP contribution is -2.43. The maximum atomic E-state index is 12.0. The zero-order valence-electron chi connectivity index (χ0n) is 14.0. The number of ether oxygens (including phenoxy) is 1. The van der Waals surface area contributed by atoms with Gasteiger partial charge in [-0.15, -0.1) is 0 Å². The summed E-state index contributed by atoms with van der Waals surface area (Å²) in [5.41, 5.74) is 6.94. The number of aromatic nitrogens is 1. The van der Waals surface area contributed by atoms with Gasteiger partial charge in [0, 0.05) is 6.20 Å². The van der Waals surface area contributed by atoms with E-state index in [1.54, 1.807) is 18.3 Å². The minimum absolute atomic E-state index is 0.195. The number of amides is 2. The van der Waals surface area contributed by atoms with Gasteiger partial charge in [-0.3, -0.25) is 20.4 Å². The lowest BCUT2D eigenvalue weighted by Gasteiger charge is -2.18. The number of benzene rings is 2. The number of hydrazine groups is 1. The maximum absolute atomic E-state index is 12.0. The Labute approximate surface area is 151 Å². The van der Waals surface area contributed by atoms with Gasteiger partial charge in [0.15, 0.2) is 0 Å². The van der Waals surface area contributed by atoms with Crippen molar-refractivity contribution in [1.29, 1.82) is 0 Å². The first-order valence-corrected chi connectivity index (χ1v) is 8.18. The SMILES string of the molecule is O=C(COC(c1ccccc1)c1ccccc1)NNC(=O)c1ccc[nH]1. The molecule has 0 aliphatic heterocycles. The second kappa shape index (κ2) is 8.64. The summed E-state index contributed by atoms with van der Waals surface area (Å²) in [5.74, 6) is -0.868. The first-order valence-electron chi connectivity index (χ1n) is 8.18. The van der Waals surface area contributed by atoms with E-state index in [1.807, 2.05) is 60.7 Å². The molecule has 132 valence electrons. The third kappa shape index (κ3) is 4.58. The van der Waals surface area contributed by atoms with Gasteiger partial charge in [0.1, 0.15) is 18.4 Å². The predicted molar refractivity (Wildman–Crippen MR) is 97.1 cm³/mol. The van der Waals surface area contributed by atoms with E-state index in [2.05, 4.69) is 15.8 Å². The average Bonchev–Trinajstić information content (AvgIpc) is 3.23. The monoisotopic (exact) mass is 349 g/mol. The summed E-state index contributed by atoms with van der Waals surface area (Å²) in [6, 6.07) is 22.6. The normalized spacial score (nSPS) is 10.5. The Morgan fingerprint density at radius 2 is 1.46 bits per heavy atom. The molecule has 0 unspecified atom stereocenters. The van der Waals surface area contributed by atoms with Crippen molar-refractivity contribution in [3.63, 3.8) is 0 Å². The van der Waals surface area contributed by atoms with Crippen LogP contribution in [0.3, 0.4) is 0 Å². The van der Waals surface area contributed by atoms with Crippen LogP contribution >= 0.6 is 0 Å². The molecule has 26 heavy (non-hydrogen) atoms. The van der Waals surface area contributed by atoms with Crippen molar-refractivity contribution in [1.82, 2.24) is 15.8 Å². The fraction of sp³-hybridized carbons (Fsp3) is 0.100. The van der Waals surface area contributed by atoms with E-state index in [-0.39, 0.29) is 12.7 Å². The Morgan fingerprint density at radius 3 is 2.00 bits per heavy atom. The summed E-state index contributed by atoms with van der Waals surface area (Å²) < 4.78 is 5.83. The number of hydrogen-bond donors (Lipinski definition) is 3. The Bertz CT molecular complexity index is 794. The number of aromatic amines is 1. The van der Waals surface area contributed by atoms with Crippen LogP contribution in [0.2, 0.25) is 0 Å². The molecule has 0 radical (unpaired) electrons. The van der Waals surface area contributed by atoms with Gasteiger partial charge in [0.05, 0.1) is 0 Å². The second-order valence-corrected chi connectivity index (χ2v) is 5.60. The first kappa shape index (κ1) is 17.4. The molecule has 3 aromatic rings. The Kier molecular flexibility index (Phi) is 5.80. The first-order chi connectivity index (χ1) is 12.7. The number of carbonyl (C=O) groups is 2. The molecule has 0 aliphatic rings. The number of nitrogens with one attached hydrogen (secondary N) is 3. The smallest absolute Gasteiger partial charge is 0.286 e. The molecule has 6 heteroatoms. The van der Waals surface area contributed by atoms with Gasteiger partial charge in [-0.25, -0.2) is 0 Å². The van der Waals surface area contributed by atoms with Crippen molar-refractivity contribution in [3.05, 3.63) is 95.8 Å². The molecule has 2 aromatic carbocycles. The minimum Gasteiger partial charge on any atom is -0.359 e. The van der Waals surface area contributed by atoms with Gasteiger partial charge in [-0.05, 0) is 23.3 Å². The van der Waals surface area contributed by atoms with Crippen LogP contribution in [0.5, 0.6) is 0 Å². The third-order valence-electron chi connectivity index (χ3n) is 3.74. The second-order valence-electron chi connectivity index (χ2n) is 5.60. The fourth-order valence-corrected chi connectivity index (χ4v) is 2.50. The summed E-state index contributed by atoms with van der Waals surface area (Å²) in [7, 11) is 0. The Balaban J connectivity index is 1.59. The average molecular weight is 349 g/mol. The lowest BCUT2D eigenvalue weighted by molar-refractivity contribution is -0.127. The lowest BCUT2D eigenvalue weighted by atomic mass is 10.0. The number of hydrogen-bond acceptors (Lipinski definition) is 3. The highest BCUT2D eigenvalue weighted by Crippen LogP contribution is 2.25. The molecular formula is C20H19N3O3. The Morgan fingerprint density at radius 1 is 0.846 bits per heavy atom. The van der Waals surface area contributed by atoms with E-state index in [1.165, 1.54) is 0 Å². The molecule has 1 heterocycles. The highest BCUT2D eigenvalue weighted by atomic mass is 16.5. The molecule has 0 fully saturated rings. The maximum Gasteiger partial charge on any atom is 0.286 e. The molecular weight excluding hydrogens is 330 g/mol. The quantitative estimate of drug-likeness (QED) is 0.598. The highest BCUT2D eigenvalue weighted by molar-refractivity contribution is 5.93. The van der Waals surface area contributed by atoms with Crippen molar-refractivity contribution in [3.8, 4) is 0 Å². The van der Waals surface area contributed by atoms with Crippen LogP contribution in [0.15, 0.2) is 79.0 Å². The van der Waals surface area contributed by atoms with Crippen molar-refractivity contribution in [2.45, 2.75) is 6.10 Å². The van der Waals surface area contributed by atoms with E-state index in [0.29, 0.717) is 5.69 Å². The van der Waals surface area contributed by atoms with Gasteiger partial charge < -0.3 is 9.72 Å². The minimum atomic E-state index is -0.443. The molecule has 0 saturated carbocycles. The van der Waals surface area contributed by atoms with Crippen LogP contribution in [0.4, 0.5) is 0 Å². The van der Waals surface area contributed by atoms with Gasteiger partial charge in [-0.1, -0.05) is 60.7 Å². The summed E-state index contributed by atoms with van der Waals surface area (Å²) >= 11 is 0. The van der Waals surface area contributed by atoms with E-state index < -0.39 is 11.8 Å². The van der Waals surface area contributed by atoms with Crippen molar-refractivity contribution >= 4 is 11.8 Å². The topological polar surface area (TPSA) is 83.2 Å². The molecule has 1 aromatic heterocycles. The highest BCUT2D eigenvalue weighted by Gasteiger charge is 2.16. The molecule has 3 N–H and O–H groups in total. The van der Waals surface area contributed by atoms with Crippen LogP contribution in [0.1, 0.15) is 27.7 Å². The summed E-state index contributed by atoms with van der Waals surface area (Å²) in [4.78, 5) is 26.6. The molecule has 3 rings (SSSR count). The summed E-state index contributed by atoms with van der Waals surface area (Å²) in [6.07, 6.45) is 1.26. The van der Waals surface area contributed by atoms with Gasteiger partial charge in [0.25, 0.3) is 11.8 Å². The van der Waals surface area contributed by atoms with Gasteiger partial charge in [0.2, 0.25) is 0 Å². The predicted octanol–water partition coefficient (Wildman–Crippen LogP) is 2.58. The zero-order chi connectivity index (χ0) is 18.2. The molecule has 0 bridgehead atoms. The number of carbonyl (C=O) groups excluding carboxylic acids is 2. The molecule has 0 spiro atoms. The van der Waals surface area contributed by atoms with Crippen LogP contribution in [-0.2, 0) is 9.53 Å². The van der Waals surface area contributed by atoms with Crippen molar-refractivity contribution in [2.75, 3.05) is 6.61 Å². The molecule has 6 nitrogen and oxygen atoms in total. The molecule has 0 aliphatic carbocycles. The standard InChI is InChI=1S/C20H19N3O3/c24-18(22-23-20(25)17-12-7-13-21-17)14-26-19(15-8-3-1-4-9-15)16-10-5-2-6-11-16/h1-13,19,21H,14H2,(H,22,24)(H,23,25). The fourth-order valence-electron chi connectivity index (χ4n) is 2.50. The van der Waals surface area contributed by atoms with Crippen molar-refractivity contribution < 1.29 is 14.3 Å². The summed E-state index contributed by atoms with van der Waals surface area (Å²) in [5, 5.41) is 0. The van der Waals surface area contributed by atoms with Crippen LogP contribution < -0.4 is 10.9 Å². The van der Waals surface area contributed by atoms with E-state index in [4.69, 9.17) is 4.74 Å². The van der Waals surface area contributed by atoms with Crippen LogP contribution in [-0.4, -0.2) is 23.4 Å². The molecule has 0 atom stereocenters. The summed E-state index contributed by atoms with van der Waals surface area (Å²) in [6.45, 7) is -0.195. The van der Waals surface area contributed by atoms with E-state index in [0.717, 1.165) is 11.1 Å². The van der Waals surface area contributed by atoms with Gasteiger partial charge in [-0.2, -0.15) is 0 Å². The third-order valence-corrected chi connectivity index (χ3v) is 3.74.